The minimum atomic E-state index is -3.62. The Hall–Kier alpha value is -2.71. The highest BCUT2D eigenvalue weighted by Crippen LogP contribution is 2.31. The first-order valence-electron chi connectivity index (χ1n) is 11.3. The number of amides is 2. The fourth-order valence-corrected chi connectivity index (χ4v) is 6.30. The van der Waals surface area contributed by atoms with E-state index in [-0.39, 0.29) is 17.7 Å². The van der Waals surface area contributed by atoms with Crippen molar-refractivity contribution in [3.05, 3.63) is 64.2 Å². The van der Waals surface area contributed by atoms with Crippen LogP contribution in [0.25, 0.3) is 0 Å². The van der Waals surface area contributed by atoms with Gasteiger partial charge in [0.15, 0.2) is 0 Å². The van der Waals surface area contributed by atoms with Crippen molar-refractivity contribution in [1.82, 2.24) is 14.9 Å². The molecule has 7 nitrogen and oxygen atoms in total. The van der Waals surface area contributed by atoms with Crippen LogP contribution in [0.5, 0.6) is 0 Å². The molecule has 2 N–H and O–H groups in total. The Kier molecular flexibility index (Phi) is 7.92. The maximum Gasteiger partial charge on any atom is 0.251 e. The number of nitrogens with zero attached hydrogens (tertiary/aromatic N) is 1. The maximum absolute atomic E-state index is 13.4. The highest BCUT2D eigenvalue weighted by molar-refractivity contribution is 7.89. The lowest BCUT2D eigenvalue weighted by Gasteiger charge is -2.31. The molecule has 8 heteroatoms. The van der Waals surface area contributed by atoms with Crippen LogP contribution in [-0.4, -0.2) is 50.7 Å². The molecule has 0 atom stereocenters. The number of carbonyl (C=O) groups is 2. The van der Waals surface area contributed by atoms with Gasteiger partial charge in [-0.1, -0.05) is 24.3 Å². The molecular weight excluding hydrogens is 438 g/mol. The van der Waals surface area contributed by atoms with Gasteiger partial charge in [0.2, 0.25) is 15.9 Å². The van der Waals surface area contributed by atoms with Crippen LogP contribution in [0.1, 0.15) is 45.5 Å². The van der Waals surface area contributed by atoms with Crippen LogP contribution in [0.4, 0.5) is 0 Å². The lowest BCUT2D eigenvalue weighted by molar-refractivity contribution is -0.126. The van der Waals surface area contributed by atoms with E-state index in [4.69, 9.17) is 0 Å². The van der Waals surface area contributed by atoms with E-state index in [1.807, 2.05) is 39.8 Å². The summed E-state index contributed by atoms with van der Waals surface area (Å²) in [5, 5.41) is 5.64. The van der Waals surface area contributed by atoms with Crippen molar-refractivity contribution in [1.29, 1.82) is 0 Å². The largest absolute Gasteiger partial charge is 0.354 e. The van der Waals surface area contributed by atoms with Gasteiger partial charge in [-0.05, 0) is 74.9 Å². The summed E-state index contributed by atoms with van der Waals surface area (Å²) >= 11 is 0. The molecule has 2 aromatic rings. The van der Waals surface area contributed by atoms with Crippen molar-refractivity contribution in [2.24, 2.45) is 5.92 Å². The Morgan fingerprint density at radius 3 is 2.03 bits per heavy atom. The summed E-state index contributed by atoms with van der Waals surface area (Å²) < 4.78 is 28.3. The Labute approximate surface area is 196 Å². The summed E-state index contributed by atoms with van der Waals surface area (Å²) in [6.45, 7) is 8.86. The van der Waals surface area contributed by atoms with Gasteiger partial charge in [-0.2, -0.15) is 4.31 Å². The van der Waals surface area contributed by atoms with Crippen LogP contribution in [0, 0.1) is 33.6 Å². The number of benzene rings is 2. The average molecular weight is 472 g/mol. The summed E-state index contributed by atoms with van der Waals surface area (Å²) in [6, 6.07) is 10.9. The molecule has 0 aromatic heterocycles. The summed E-state index contributed by atoms with van der Waals surface area (Å²) in [5.41, 5.74) is 4.08. The first kappa shape index (κ1) is 24.9. The third-order valence-electron chi connectivity index (χ3n) is 6.47. The number of hydrogen-bond acceptors (Lipinski definition) is 4. The predicted molar refractivity (Wildman–Crippen MR) is 129 cm³/mol. The van der Waals surface area contributed by atoms with Crippen molar-refractivity contribution in [3.8, 4) is 0 Å². The number of hydrogen-bond donors (Lipinski definition) is 2. The van der Waals surface area contributed by atoms with Gasteiger partial charge < -0.3 is 10.6 Å². The van der Waals surface area contributed by atoms with E-state index in [1.165, 1.54) is 4.31 Å². The normalized spacial score (nSPS) is 15.3. The molecule has 0 bridgehead atoms. The van der Waals surface area contributed by atoms with Crippen LogP contribution in [0.2, 0.25) is 0 Å². The number of sulfonamides is 1. The average Bonchev–Trinajstić information content (AvgIpc) is 2.81. The van der Waals surface area contributed by atoms with E-state index in [9.17, 15) is 18.0 Å². The molecule has 1 aliphatic heterocycles. The van der Waals surface area contributed by atoms with Crippen molar-refractivity contribution in [2.75, 3.05) is 26.2 Å². The summed E-state index contributed by atoms with van der Waals surface area (Å²) in [4.78, 5) is 25.0. The number of carbonyl (C=O) groups excluding carboxylic acids is 2. The van der Waals surface area contributed by atoms with E-state index >= 15 is 0 Å². The minimum absolute atomic E-state index is 0.0974. The number of nitrogens with one attached hydrogen (secondary N) is 2. The molecule has 0 spiro atoms. The summed E-state index contributed by atoms with van der Waals surface area (Å²) in [5.74, 6) is -0.511. The highest BCUT2D eigenvalue weighted by Gasteiger charge is 2.34. The van der Waals surface area contributed by atoms with E-state index in [1.54, 1.807) is 24.3 Å². The van der Waals surface area contributed by atoms with Gasteiger partial charge in [0, 0.05) is 37.7 Å². The van der Waals surface area contributed by atoms with Gasteiger partial charge in [-0.15, -0.1) is 0 Å². The number of aryl methyl sites for hydroxylation is 2. The zero-order valence-corrected chi connectivity index (χ0v) is 20.6. The Balaban J connectivity index is 1.51. The van der Waals surface area contributed by atoms with Crippen molar-refractivity contribution in [2.45, 2.75) is 45.4 Å². The topological polar surface area (TPSA) is 95.6 Å². The zero-order chi connectivity index (χ0) is 24.2. The fourth-order valence-electron chi connectivity index (χ4n) is 4.25. The number of rotatable bonds is 7. The Bertz CT molecular complexity index is 1100. The molecule has 0 aliphatic carbocycles. The smallest absolute Gasteiger partial charge is 0.251 e. The van der Waals surface area contributed by atoms with Crippen LogP contribution in [0.15, 0.2) is 41.3 Å². The first-order chi connectivity index (χ1) is 15.6. The van der Waals surface area contributed by atoms with E-state index in [0.29, 0.717) is 49.5 Å². The molecular formula is C25H33N3O4S. The SMILES string of the molecule is Cc1cc(C)c(C)c(S(=O)(=O)N2CCC(C(=O)NCCNC(=O)c3ccccc3)CC2)c1C. The van der Waals surface area contributed by atoms with Crippen LogP contribution >= 0.6 is 0 Å². The lowest BCUT2D eigenvalue weighted by Crippen LogP contribution is -2.44. The Morgan fingerprint density at radius 2 is 1.45 bits per heavy atom. The lowest BCUT2D eigenvalue weighted by atomic mass is 9.97. The molecule has 2 amide bonds. The van der Waals surface area contributed by atoms with E-state index in [2.05, 4.69) is 10.6 Å². The van der Waals surface area contributed by atoms with Gasteiger partial charge >= 0.3 is 0 Å². The molecule has 33 heavy (non-hydrogen) atoms. The number of piperidine rings is 1. The van der Waals surface area contributed by atoms with Crippen LogP contribution in [-0.2, 0) is 14.8 Å². The maximum atomic E-state index is 13.4. The van der Waals surface area contributed by atoms with Gasteiger partial charge in [-0.3, -0.25) is 9.59 Å². The minimum Gasteiger partial charge on any atom is -0.354 e. The van der Waals surface area contributed by atoms with Gasteiger partial charge in [0.1, 0.15) is 0 Å². The Morgan fingerprint density at radius 1 is 0.909 bits per heavy atom. The van der Waals surface area contributed by atoms with Crippen LogP contribution in [0.3, 0.4) is 0 Å². The van der Waals surface area contributed by atoms with Crippen molar-refractivity contribution in [3.63, 3.8) is 0 Å². The standard InChI is InChI=1S/C25H33N3O4S/c1-17-16-18(2)20(4)23(19(17)3)33(31,32)28-14-10-22(11-15-28)25(30)27-13-12-26-24(29)21-8-6-5-7-9-21/h5-9,16,22H,10-15H2,1-4H3,(H,26,29)(H,27,30). The van der Waals surface area contributed by atoms with Crippen molar-refractivity contribution >= 4 is 21.8 Å². The zero-order valence-electron chi connectivity index (χ0n) is 19.8. The van der Waals surface area contributed by atoms with E-state index < -0.39 is 10.0 Å². The second-order valence-corrected chi connectivity index (χ2v) is 10.6. The molecule has 3 rings (SSSR count). The molecule has 0 radical (unpaired) electrons. The van der Waals surface area contributed by atoms with E-state index in [0.717, 1.165) is 22.3 Å². The second kappa shape index (κ2) is 10.5. The molecule has 1 saturated heterocycles. The second-order valence-electron chi connectivity index (χ2n) is 8.68. The quantitative estimate of drug-likeness (QED) is 0.607. The molecule has 1 aliphatic rings. The van der Waals surface area contributed by atoms with Crippen LogP contribution < -0.4 is 10.6 Å². The molecule has 1 fully saturated rings. The first-order valence-corrected chi connectivity index (χ1v) is 12.8. The predicted octanol–water partition coefficient (Wildman–Crippen LogP) is 2.87. The molecule has 178 valence electrons. The van der Waals surface area contributed by atoms with Gasteiger partial charge in [0.05, 0.1) is 4.90 Å². The molecule has 1 heterocycles. The molecule has 0 saturated carbocycles. The monoisotopic (exact) mass is 471 g/mol. The molecule has 0 unspecified atom stereocenters. The van der Waals surface area contributed by atoms with Gasteiger partial charge in [0.25, 0.3) is 5.91 Å². The van der Waals surface area contributed by atoms with Crippen molar-refractivity contribution < 1.29 is 18.0 Å². The third-order valence-corrected chi connectivity index (χ3v) is 8.64. The third kappa shape index (κ3) is 5.62. The highest BCUT2D eigenvalue weighted by atomic mass is 32.2. The summed E-state index contributed by atoms with van der Waals surface area (Å²) in [6.07, 6.45) is 0.953. The van der Waals surface area contributed by atoms with Gasteiger partial charge in [-0.25, -0.2) is 8.42 Å². The fraction of sp³-hybridized carbons (Fsp3) is 0.440. The summed E-state index contributed by atoms with van der Waals surface area (Å²) in [7, 11) is -3.62. The molecule has 2 aromatic carbocycles.